The quantitative estimate of drug-likeness (QED) is 0.524. The lowest BCUT2D eigenvalue weighted by molar-refractivity contribution is -0.159. The van der Waals surface area contributed by atoms with E-state index in [1.165, 1.54) is 26.1 Å². The summed E-state index contributed by atoms with van der Waals surface area (Å²) in [6.45, 7) is 6.51. The first-order valence-corrected chi connectivity index (χ1v) is 8.15. The summed E-state index contributed by atoms with van der Waals surface area (Å²) in [5.41, 5.74) is 0. The van der Waals surface area contributed by atoms with E-state index in [4.69, 9.17) is 36.1 Å². The standard InChI is InChI=1S/C14H21ClN2O.C2H2O4/c15-13-5-1-2-6-14(13)18-12-4-3-9-17-10-7-16-8-11-17;3-1(4)2(5)6/h1-2,5-6,16H,3-4,7-12H2;(H,3,4)(H,5,6). The summed E-state index contributed by atoms with van der Waals surface area (Å²) in [5.74, 6) is -2.86. The molecular weight excluding hydrogens is 336 g/mol. The van der Waals surface area contributed by atoms with Gasteiger partial charge in [-0.25, -0.2) is 9.59 Å². The van der Waals surface area contributed by atoms with E-state index in [1.807, 2.05) is 24.3 Å². The number of aliphatic carboxylic acids is 2. The molecule has 1 aliphatic heterocycles. The molecule has 0 aromatic heterocycles. The van der Waals surface area contributed by atoms with Crippen molar-refractivity contribution in [1.82, 2.24) is 10.2 Å². The van der Waals surface area contributed by atoms with E-state index in [2.05, 4.69) is 10.2 Å². The molecule has 7 nitrogen and oxygen atoms in total. The van der Waals surface area contributed by atoms with Crippen LogP contribution in [-0.2, 0) is 9.59 Å². The fraction of sp³-hybridized carbons (Fsp3) is 0.500. The van der Waals surface area contributed by atoms with Crippen LogP contribution in [0.2, 0.25) is 5.02 Å². The van der Waals surface area contributed by atoms with Crippen LogP contribution in [0.1, 0.15) is 12.8 Å². The number of unbranched alkanes of at least 4 members (excludes halogenated alkanes) is 1. The number of para-hydroxylation sites is 1. The number of nitrogens with one attached hydrogen (secondary N) is 1. The average Bonchev–Trinajstić information content (AvgIpc) is 2.57. The number of nitrogens with zero attached hydrogens (tertiary/aromatic N) is 1. The molecule has 1 aliphatic rings. The second-order valence-electron chi connectivity index (χ2n) is 5.19. The molecule has 1 aromatic carbocycles. The van der Waals surface area contributed by atoms with E-state index in [0.29, 0.717) is 5.02 Å². The lowest BCUT2D eigenvalue weighted by Gasteiger charge is -2.26. The van der Waals surface area contributed by atoms with Crippen molar-refractivity contribution in [3.05, 3.63) is 29.3 Å². The number of halogens is 1. The summed E-state index contributed by atoms with van der Waals surface area (Å²) in [5, 5.41) is 18.8. The molecule has 0 unspecified atom stereocenters. The maximum Gasteiger partial charge on any atom is 0.414 e. The van der Waals surface area contributed by atoms with Gasteiger partial charge in [0, 0.05) is 26.2 Å². The van der Waals surface area contributed by atoms with Gasteiger partial charge in [-0.05, 0) is 31.5 Å². The fourth-order valence-corrected chi connectivity index (χ4v) is 2.31. The van der Waals surface area contributed by atoms with Crippen molar-refractivity contribution < 1.29 is 24.5 Å². The van der Waals surface area contributed by atoms with Gasteiger partial charge in [-0.2, -0.15) is 0 Å². The van der Waals surface area contributed by atoms with Crippen molar-refractivity contribution in [3.8, 4) is 5.75 Å². The number of benzene rings is 1. The number of hydrogen-bond acceptors (Lipinski definition) is 5. The smallest absolute Gasteiger partial charge is 0.414 e. The first-order valence-electron chi connectivity index (χ1n) is 7.77. The van der Waals surface area contributed by atoms with Gasteiger partial charge in [-0.3, -0.25) is 0 Å². The van der Waals surface area contributed by atoms with Crippen molar-refractivity contribution in [1.29, 1.82) is 0 Å². The zero-order valence-corrected chi connectivity index (χ0v) is 14.2. The van der Waals surface area contributed by atoms with Crippen LogP contribution < -0.4 is 10.1 Å². The highest BCUT2D eigenvalue weighted by molar-refractivity contribution is 6.32. The molecule has 0 spiro atoms. The topological polar surface area (TPSA) is 99.1 Å². The summed E-state index contributed by atoms with van der Waals surface area (Å²) in [7, 11) is 0. The van der Waals surface area contributed by atoms with Gasteiger partial charge in [0.25, 0.3) is 0 Å². The SMILES string of the molecule is Clc1ccccc1OCCCCN1CCNCC1.O=C(O)C(=O)O. The number of rotatable bonds is 6. The molecule has 1 saturated heterocycles. The third kappa shape index (κ3) is 8.71. The number of carboxylic acid groups (broad SMARTS) is 2. The molecule has 1 fully saturated rings. The third-order valence-electron chi connectivity index (χ3n) is 3.36. The molecule has 8 heteroatoms. The van der Waals surface area contributed by atoms with Crippen LogP contribution in [0.25, 0.3) is 0 Å². The molecule has 1 aromatic rings. The van der Waals surface area contributed by atoms with Crippen LogP contribution in [0.5, 0.6) is 5.75 Å². The van der Waals surface area contributed by atoms with Gasteiger partial charge in [-0.15, -0.1) is 0 Å². The number of carboxylic acids is 2. The number of ether oxygens (including phenoxy) is 1. The molecule has 0 bridgehead atoms. The molecule has 0 atom stereocenters. The van der Waals surface area contributed by atoms with E-state index < -0.39 is 11.9 Å². The molecular formula is C16H23ClN2O5. The Hall–Kier alpha value is -1.83. The van der Waals surface area contributed by atoms with E-state index in [-0.39, 0.29) is 0 Å². The number of hydrogen-bond donors (Lipinski definition) is 3. The van der Waals surface area contributed by atoms with Crippen molar-refractivity contribution >= 4 is 23.5 Å². The maximum atomic E-state index is 9.10. The molecule has 1 heterocycles. The van der Waals surface area contributed by atoms with Crippen molar-refractivity contribution in [2.75, 3.05) is 39.3 Å². The Balaban J connectivity index is 0.000000413. The molecule has 134 valence electrons. The normalized spacial score (nSPS) is 14.4. The van der Waals surface area contributed by atoms with Gasteiger partial charge in [0.15, 0.2) is 0 Å². The van der Waals surface area contributed by atoms with Crippen LogP contribution in [0.4, 0.5) is 0 Å². The molecule has 0 amide bonds. The molecule has 2 rings (SSSR count). The van der Waals surface area contributed by atoms with E-state index >= 15 is 0 Å². The minimum absolute atomic E-state index is 0.694. The Bertz CT molecular complexity index is 509. The monoisotopic (exact) mass is 358 g/mol. The number of carbonyl (C=O) groups is 2. The zero-order valence-electron chi connectivity index (χ0n) is 13.4. The summed E-state index contributed by atoms with van der Waals surface area (Å²) >= 11 is 6.02. The highest BCUT2D eigenvalue weighted by Crippen LogP contribution is 2.23. The van der Waals surface area contributed by atoms with Gasteiger partial charge in [0.1, 0.15) is 5.75 Å². The highest BCUT2D eigenvalue weighted by Gasteiger charge is 2.08. The van der Waals surface area contributed by atoms with Crippen LogP contribution in [0, 0.1) is 0 Å². The Morgan fingerprint density at radius 3 is 2.33 bits per heavy atom. The van der Waals surface area contributed by atoms with Gasteiger partial charge in [-0.1, -0.05) is 23.7 Å². The lowest BCUT2D eigenvalue weighted by atomic mass is 10.2. The zero-order chi connectivity index (χ0) is 17.8. The summed E-state index contributed by atoms with van der Waals surface area (Å²) in [6.07, 6.45) is 2.26. The average molecular weight is 359 g/mol. The third-order valence-corrected chi connectivity index (χ3v) is 3.67. The van der Waals surface area contributed by atoms with E-state index in [9.17, 15) is 0 Å². The fourth-order valence-electron chi connectivity index (χ4n) is 2.12. The minimum Gasteiger partial charge on any atom is -0.492 e. The van der Waals surface area contributed by atoms with Gasteiger partial charge in [0.2, 0.25) is 0 Å². The molecule has 3 N–H and O–H groups in total. The van der Waals surface area contributed by atoms with Crippen molar-refractivity contribution in [3.63, 3.8) is 0 Å². The molecule has 0 radical (unpaired) electrons. The van der Waals surface area contributed by atoms with E-state index in [1.54, 1.807) is 0 Å². The Kier molecular flexibility index (Phi) is 9.83. The molecule has 24 heavy (non-hydrogen) atoms. The van der Waals surface area contributed by atoms with Crippen LogP contribution >= 0.6 is 11.6 Å². The van der Waals surface area contributed by atoms with Gasteiger partial charge in [0.05, 0.1) is 11.6 Å². The Morgan fingerprint density at radius 1 is 1.12 bits per heavy atom. The van der Waals surface area contributed by atoms with Gasteiger partial charge >= 0.3 is 11.9 Å². The Morgan fingerprint density at radius 2 is 1.75 bits per heavy atom. The second-order valence-corrected chi connectivity index (χ2v) is 5.60. The predicted molar refractivity (Wildman–Crippen MR) is 90.8 cm³/mol. The van der Waals surface area contributed by atoms with Crippen LogP contribution in [0.3, 0.4) is 0 Å². The molecule has 0 aliphatic carbocycles. The first-order chi connectivity index (χ1) is 11.5. The predicted octanol–water partition coefficient (Wildman–Crippen LogP) is 1.56. The van der Waals surface area contributed by atoms with Crippen LogP contribution in [0.15, 0.2) is 24.3 Å². The van der Waals surface area contributed by atoms with Crippen molar-refractivity contribution in [2.45, 2.75) is 12.8 Å². The summed E-state index contributed by atoms with van der Waals surface area (Å²) in [4.78, 5) is 20.7. The first kappa shape index (κ1) is 20.2. The largest absolute Gasteiger partial charge is 0.492 e. The van der Waals surface area contributed by atoms with E-state index in [0.717, 1.165) is 31.9 Å². The number of piperazine rings is 1. The summed E-state index contributed by atoms with van der Waals surface area (Å²) < 4.78 is 5.66. The minimum atomic E-state index is -1.82. The second kappa shape index (κ2) is 11.7. The maximum absolute atomic E-state index is 9.10. The molecule has 0 saturated carbocycles. The van der Waals surface area contributed by atoms with Crippen LogP contribution in [-0.4, -0.2) is 66.4 Å². The highest BCUT2D eigenvalue weighted by atomic mass is 35.5. The summed E-state index contributed by atoms with van der Waals surface area (Å²) in [6, 6.07) is 7.64. The van der Waals surface area contributed by atoms with Gasteiger partial charge < -0.3 is 25.2 Å². The lowest BCUT2D eigenvalue weighted by Crippen LogP contribution is -2.43. The Labute approximate surface area is 146 Å². The van der Waals surface area contributed by atoms with Crippen molar-refractivity contribution in [2.24, 2.45) is 0 Å².